The van der Waals surface area contributed by atoms with Crippen molar-refractivity contribution in [2.75, 3.05) is 0 Å². The molecule has 10 heavy (non-hydrogen) atoms. The van der Waals surface area contributed by atoms with E-state index in [0.717, 1.165) is 6.42 Å². The Morgan fingerprint density at radius 1 is 1.50 bits per heavy atom. The van der Waals surface area contributed by atoms with Gasteiger partial charge in [-0.25, -0.2) is 0 Å². The molecule has 1 rings (SSSR count). The summed E-state index contributed by atoms with van der Waals surface area (Å²) in [7, 11) is 0. The second-order valence-corrected chi connectivity index (χ2v) is 3.43. The normalized spacial score (nSPS) is 8.60. The third-order valence-corrected chi connectivity index (χ3v) is 1.98. The molecule has 0 heterocycles. The van der Waals surface area contributed by atoms with E-state index in [4.69, 9.17) is 0 Å². The Bertz CT molecular complexity index is 198. The maximum atomic E-state index is 3.09. The van der Waals surface area contributed by atoms with Crippen LogP contribution in [0.15, 0.2) is 18.2 Å². The van der Waals surface area contributed by atoms with E-state index < -0.39 is 0 Å². The summed E-state index contributed by atoms with van der Waals surface area (Å²) in [5, 5.41) is 0. The van der Waals surface area contributed by atoms with Gasteiger partial charge in [-0.3, -0.25) is 0 Å². The van der Waals surface area contributed by atoms with E-state index in [1.807, 2.05) is 12.1 Å². The second-order valence-electron chi connectivity index (χ2n) is 1.95. The van der Waals surface area contributed by atoms with Crippen LogP contribution in [0, 0.1) is 6.07 Å². The summed E-state index contributed by atoms with van der Waals surface area (Å²) in [6.45, 7) is 2.16. The fraction of sp³-hybridized carbons (Fsp3) is 0.250. The molecule has 1 aromatic carbocycles. The predicted octanol–water partition coefficient (Wildman–Crippen LogP) is -2.15. The van der Waals surface area contributed by atoms with Crippen LogP contribution in [0.4, 0.5) is 0 Å². The Hall–Kier alpha value is 1.84. The largest absolute Gasteiger partial charge is 1.00 e. The molecule has 46 valence electrons. The SMILES string of the molecule is CCc1c[c-]c[c]([Sb])c1.[Rb+]. The Morgan fingerprint density at radius 2 is 2.20 bits per heavy atom. The molecule has 2 heteroatoms. The van der Waals surface area contributed by atoms with Gasteiger partial charge in [-0.2, -0.15) is 0 Å². The van der Waals surface area contributed by atoms with Crippen LogP contribution in [0.5, 0.6) is 0 Å². The van der Waals surface area contributed by atoms with Gasteiger partial charge in [0.05, 0.1) is 0 Å². The fourth-order valence-corrected chi connectivity index (χ4v) is 1.40. The Labute approximate surface area is 125 Å². The van der Waals surface area contributed by atoms with Crippen molar-refractivity contribution in [2.24, 2.45) is 0 Å². The van der Waals surface area contributed by atoms with E-state index in [9.17, 15) is 0 Å². The number of benzene rings is 1. The smallest absolute Gasteiger partial charge is 1.00 e. The molecule has 0 aromatic heterocycles. The average molecular weight is 311 g/mol. The third-order valence-electron chi connectivity index (χ3n) is 1.24. The van der Waals surface area contributed by atoms with Crippen molar-refractivity contribution < 1.29 is 58.2 Å². The first-order valence-electron chi connectivity index (χ1n) is 3.02. The van der Waals surface area contributed by atoms with Gasteiger partial charge < -0.3 is 0 Å². The average Bonchev–Trinajstić information content (AvgIpc) is 1.88. The number of rotatable bonds is 1. The monoisotopic (exact) mass is 310 g/mol. The van der Waals surface area contributed by atoms with Crippen LogP contribution < -0.4 is 61.7 Å². The number of aryl methyl sites for hydroxylation is 1. The van der Waals surface area contributed by atoms with E-state index in [-0.39, 0.29) is 58.2 Å². The molecular formula is C8H8RbSb. The third kappa shape index (κ3) is 4.02. The van der Waals surface area contributed by atoms with Crippen LogP contribution >= 0.6 is 0 Å². The molecular weight excluding hydrogens is 303 g/mol. The maximum Gasteiger partial charge on any atom is 1.00 e. The molecule has 0 N–H and O–H groups in total. The first-order chi connectivity index (χ1) is 4.33. The molecule has 0 bridgehead atoms. The molecule has 0 nitrogen and oxygen atoms in total. The molecule has 0 saturated carbocycles. The Balaban J connectivity index is 0.000000810. The van der Waals surface area contributed by atoms with Crippen molar-refractivity contribution in [2.45, 2.75) is 13.3 Å². The summed E-state index contributed by atoms with van der Waals surface area (Å²) >= 11 is 1.75. The van der Waals surface area contributed by atoms with Crippen LogP contribution in [0.1, 0.15) is 12.5 Å². The minimum atomic E-state index is 0. The van der Waals surface area contributed by atoms with Gasteiger partial charge in [-0.1, -0.05) is 0 Å². The van der Waals surface area contributed by atoms with Gasteiger partial charge in [-0.05, 0) is 0 Å². The first kappa shape index (κ1) is 11.8. The van der Waals surface area contributed by atoms with Crippen LogP contribution in [-0.4, -0.2) is 23.0 Å². The van der Waals surface area contributed by atoms with E-state index in [1.165, 1.54) is 9.07 Å². The summed E-state index contributed by atoms with van der Waals surface area (Å²) < 4.78 is 1.35. The van der Waals surface area contributed by atoms with E-state index in [2.05, 4.69) is 19.1 Å². The van der Waals surface area contributed by atoms with Crippen LogP contribution in [0.25, 0.3) is 0 Å². The van der Waals surface area contributed by atoms with Crippen LogP contribution in [-0.2, 0) is 6.42 Å². The summed E-state index contributed by atoms with van der Waals surface area (Å²) in [5.41, 5.74) is 1.38. The molecule has 0 fully saturated rings. The Morgan fingerprint density at radius 3 is 2.60 bits per heavy atom. The van der Waals surface area contributed by atoms with Crippen molar-refractivity contribution in [3.05, 3.63) is 29.8 Å². The number of hydrogen-bond acceptors (Lipinski definition) is 0. The predicted molar refractivity (Wildman–Crippen MR) is 40.0 cm³/mol. The van der Waals surface area contributed by atoms with Crippen LogP contribution in [0.3, 0.4) is 0 Å². The second kappa shape index (κ2) is 6.37. The van der Waals surface area contributed by atoms with Gasteiger partial charge in [0, 0.05) is 0 Å². The van der Waals surface area contributed by atoms with Crippen molar-refractivity contribution in [1.29, 1.82) is 0 Å². The minimum Gasteiger partial charge on any atom is 1.00 e. The molecule has 0 amide bonds. The molecule has 2 radical (unpaired) electrons. The molecule has 0 aliphatic heterocycles. The molecule has 0 aliphatic rings. The standard InChI is InChI=1S/C8H8.Rb.Sb/c1-2-8-6-4-3-5-7-8;;/h3,6-7H,2H2,1H3;;/q-1;+1;. The topological polar surface area (TPSA) is 0 Å². The molecule has 0 aliphatic carbocycles. The summed E-state index contributed by atoms with van der Waals surface area (Å²) in [5.74, 6) is 0. The van der Waals surface area contributed by atoms with E-state index in [0.29, 0.717) is 0 Å². The van der Waals surface area contributed by atoms with Gasteiger partial charge in [0.25, 0.3) is 0 Å². The Kier molecular flexibility index (Phi) is 7.54. The van der Waals surface area contributed by atoms with Gasteiger partial charge in [0.15, 0.2) is 0 Å². The summed E-state index contributed by atoms with van der Waals surface area (Å²) in [6.07, 6.45) is 1.12. The first-order valence-corrected chi connectivity index (χ1v) is 4.29. The quantitative estimate of drug-likeness (QED) is 0.410. The van der Waals surface area contributed by atoms with Gasteiger partial charge in [0.2, 0.25) is 0 Å². The summed E-state index contributed by atoms with van der Waals surface area (Å²) in [4.78, 5) is 0. The zero-order valence-electron chi connectivity index (χ0n) is 6.39. The van der Waals surface area contributed by atoms with Crippen molar-refractivity contribution in [1.82, 2.24) is 0 Å². The maximum absolute atomic E-state index is 3.09. The van der Waals surface area contributed by atoms with Gasteiger partial charge in [0.1, 0.15) is 0 Å². The van der Waals surface area contributed by atoms with E-state index in [1.54, 1.807) is 23.0 Å². The zero-order valence-corrected chi connectivity index (χ0v) is 13.9. The molecule has 0 spiro atoms. The molecule has 0 unspecified atom stereocenters. The zero-order chi connectivity index (χ0) is 6.69. The number of hydrogen-bond donors (Lipinski definition) is 0. The molecule has 0 atom stereocenters. The van der Waals surface area contributed by atoms with Crippen molar-refractivity contribution >= 4 is 26.5 Å². The summed E-state index contributed by atoms with van der Waals surface area (Å²) in [6, 6.07) is 9.37. The fourth-order valence-electron chi connectivity index (χ4n) is 0.711. The minimum absolute atomic E-state index is 0. The van der Waals surface area contributed by atoms with Gasteiger partial charge >= 0.3 is 128 Å². The van der Waals surface area contributed by atoms with Crippen molar-refractivity contribution in [3.63, 3.8) is 0 Å². The van der Waals surface area contributed by atoms with Gasteiger partial charge in [-0.15, -0.1) is 0 Å². The molecule has 0 saturated heterocycles. The van der Waals surface area contributed by atoms with Crippen LogP contribution in [0.2, 0.25) is 0 Å². The van der Waals surface area contributed by atoms with Crippen molar-refractivity contribution in [3.8, 4) is 0 Å². The molecule has 1 aromatic rings. The van der Waals surface area contributed by atoms with E-state index >= 15 is 0 Å².